The van der Waals surface area contributed by atoms with Crippen molar-refractivity contribution in [1.29, 1.82) is 0 Å². The molecule has 1 aliphatic heterocycles. The molecule has 1 atom stereocenters. The van der Waals surface area contributed by atoms with Gasteiger partial charge in [0, 0.05) is 24.9 Å². The number of hydrogen-bond donors (Lipinski definition) is 1. The van der Waals surface area contributed by atoms with E-state index in [4.69, 9.17) is 0 Å². The second kappa shape index (κ2) is 6.71. The number of nitrogens with one attached hydrogen (secondary N) is 1. The van der Waals surface area contributed by atoms with Gasteiger partial charge in [-0.15, -0.1) is 0 Å². The highest BCUT2D eigenvalue weighted by molar-refractivity contribution is 8.00. The summed E-state index contributed by atoms with van der Waals surface area (Å²) >= 11 is 0.0449. The standard InChI is InChI=1S/C10H19F3N2S/c1-15-6-3-2-4-9(15)8-14-5-7-16-10(11,12)13/h9,14H,2-8H2,1H3. The molecule has 1 saturated heterocycles. The average Bonchev–Trinajstić information content (AvgIpc) is 2.18. The Morgan fingerprint density at radius 3 is 2.75 bits per heavy atom. The summed E-state index contributed by atoms with van der Waals surface area (Å²) in [5, 5.41) is 3.10. The van der Waals surface area contributed by atoms with Crippen LogP contribution in [0.2, 0.25) is 0 Å². The molecule has 0 aromatic carbocycles. The molecule has 0 amide bonds. The highest BCUT2D eigenvalue weighted by Crippen LogP contribution is 2.29. The van der Waals surface area contributed by atoms with E-state index in [0.29, 0.717) is 12.6 Å². The van der Waals surface area contributed by atoms with Crippen LogP contribution in [0.15, 0.2) is 0 Å². The summed E-state index contributed by atoms with van der Waals surface area (Å²) < 4.78 is 35.5. The van der Waals surface area contributed by atoms with Crippen LogP contribution in [0.5, 0.6) is 0 Å². The van der Waals surface area contributed by atoms with E-state index in [2.05, 4.69) is 17.3 Å². The molecule has 0 aromatic rings. The van der Waals surface area contributed by atoms with Crippen LogP contribution in [0.25, 0.3) is 0 Å². The maximum Gasteiger partial charge on any atom is 0.441 e. The Kier molecular flexibility index (Phi) is 5.92. The van der Waals surface area contributed by atoms with Crippen LogP contribution < -0.4 is 5.32 Å². The molecule has 0 spiro atoms. The van der Waals surface area contributed by atoms with Gasteiger partial charge in [-0.05, 0) is 38.2 Å². The molecule has 1 unspecified atom stereocenters. The fourth-order valence-electron chi connectivity index (χ4n) is 1.91. The van der Waals surface area contributed by atoms with Gasteiger partial charge in [0.15, 0.2) is 0 Å². The van der Waals surface area contributed by atoms with Crippen LogP contribution >= 0.6 is 11.8 Å². The number of likely N-dealkylation sites (N-methyl/N-ethyl adjacent to an activating group) is 1. The number of nitrogens with zero attached hydrogens (tertiary/aromatic N) is 1. The van der Waals surface area contributed by atoms with E-state index in [0.717, 1.165) is 19.5 Å². The lowest BCUT2D eigenvalue weighted by atomic mass is 10.0. The number of likely N-dealkylation sites (tertiary alicyclic amines) is 1. The summed E-state index contributed by atoms with van der Waals surface area (Å²) in [6.07, 6.45) is 3.61. The molecule has 2 nitrogen and oxygen atoms in total. The number of rotatable bonds is 5. The van der Waals surface area contributed by atoms with Gasteiger partial charge < -0.3 is 10.2 Å². The molecule has 0 bridgehead atoms. The topological polar surface area (TPSA) is 15.3 Å². The first-order chi connectivity index (χ1) is 7.49. The first-order valence-electron chi connectivity index (χ1n) is 5.60. The Morgan fingerprint density at radius 2 is 2.12 bits per heavy atom. The summed E-state index contributed by atoms with van der Waals surface area (Å²) in [5.74, 6) is 0.0972. The quantitative estimate of drug-likeness (QED) is 0.760. The zero-order valence-electron chi connectivity index (χ0n) is 9.52. The molecule has 1 aliphatic rings. The molecule has 0 aromatic heterocycles. The third-order valence-corrected chi connectivity index (χ3v) is 3.58. The van der Waals surface area contributed by atoms with Crippen LogP contribution in [0.3, 0.4) is 0 Å². The predicted molar refractivity (Wildman–Crippen MR) is 61.7 cm³/mol. The maximum atomic E-state index is 11.8. The van der Waals surface area contributed by atoms with E-state index in [1.165, 1.54) is 12.8 Å². The smallest absolute Gasteiger partial charge is 0.314 e. The molecule has 1 N–H and O–H groups in total. The minimum atomic E-state index is -4.09. The zero-order chi connectivity index (χ0) is 12.0. The van der Waals surface area contributed by atoms with E-state index < -0.39 is 5.51 Å². The van der Waals surface area contributed by atoms with Gasteiger partial charge in [0.25, 0.3) is 0 Å². The molecule has 1 rings (SSSR count). The number of thioether (sulfide) groups is 1. The Morgan fingerprint density at radius 1 is 1.38 bits per heavy atom. The Bertz CT molecular complexity index is 199. The Balaban J connectivity index is 2.02. The molecule has 6 heteroatoms. The van der Waals surface area contributed by atoms with Crippen LogP contribution in [0.4, 0.5) is 13.2 Å². The van der Waals surface area contributed by atoms with Gasteiger partial charge in [0.2, 0.25) is 0 Å². The monoisotopic (exact) mass is 256 g/mol. The second-order valence-electron chi connectivity index (χ2n) is 4.13. The molecule has 0 aliphatic carbocycles. The molecule has 0 radical (unpaired) electrons. The summed E-state index contributed by atoms with van der Waals surface area (Å²) in [5.41, 5.74) is -4.09. The molecule has 96 valence electrons. The highest BCUT2D eigenvalue weighted by atomic mass is 32.2. The van der Waals surface area contributed by atoms with Gasteiger partial charge in [0.1, 0.15) is 0 Å². The van der Waals surface area contributed by atoms with E-state index in [1.807, 2.05) is 0 Å². The highest BCUT2D eigenvalue weighted by Gasteiger charge is 2.27. The Hall–Kier alpha value is 0.0600. The largest absolute Gasteiger partial charge is 0.441 e. The summed E-state index contributed by atoms with van der Waals surface area (Å²) in [4.78, 5) is 2.29. The van der Waals surface area contributed by atoms with Gasteiger partial charge in [-0.2, -0.15) is 13.2 Å². The van der Waals surface area contributed by atoms with E-state index in [9.17, 15) is 13.2 Å². The molecule has 1 heterocycles. The van der Waals surface area contributed by atoms with Crippen molar-refractivity contribution >= 4 is 11.8 Å². The lowest BCUT2D eigenvalue weighted by Gasteiger charge is -2.32. The fraction of sp³-hybridized carbons (Fsp3) is 1.00. The lowest BCUT2D eigenvalue weighted by Crippen LogP contribution is -2.43. The third kappa shape index (κ3) is 5.96. The van der Waals surface area contributed by atoms with Gasteiger partial charge in [-0.1, -0.05) is 6.42 Å². The molecule has 16 heavy (non-hydrogen) atoms. The number of alkyl halides is 3. The van der Waals surface area contributed by atoms with E-state index in [1.54, 1.807) is 0 Å². The van der Waals surface area contributed by atoms with Gasteiger partial charge in [-0.25, -0.2) is 0 Å². The molecular formula is C10H19F3N2S. The first kappa shape index (κ1) is 14.1. The molecular weight excluding hydrogens is 237 g/mol. The Labute approximate surface area is 98.9 Å². The van der Waals surface area contributed by atoms with Crippen LogP contribution in [-0.4, -0.2) is 48.9 Å². The van der Waals surface area contributed by atoms with Crippen LogP contribution in [0.1, 0.15) is 19.3 Å². The summed E-state index contributed by atoms with van der Waals surface area (Å²) in [7, 11) is 2.08. The van der Waals surface area contributed by atoms with Gasteiger partial charge >= 0.3 is 5.51 Å². The normalized spacial score (nSPS) is 23.6. The van der Waals surface area contributed by atoms with E-state index >= 15 is 0 Å². The minimum absolute atomic E-state index is 0.0449. The van der Waals surface area contributed by atoms with Crippen molar-refractivity contribution in [3.63, 3.8) is 0 Å². The van der Waals surface area contributed by atoms with Crippen molar-refractivity contribution in [2.45, 2.75) is 30.8 Å². The van der Waals surface area contributed by atoms with Crippen molar-refractivity contribution < 1.29 is 13.2 Å². The fourth-order valence-corrected chi connectivity index (χ4v) is 2.39. The van der Waals surface area contributed by atoms with Crippen molar-refractivity contribution in [3.8, 4) is 0 Å². The summed E-state index contributed by atoms with van der Waals surface area (Å²) in [6.45, 7) is 2.33. The number of halogens is 3. The molecule has 0 saturated carbocycles. The van der Waals surface area contributed by atoms with Crippen molar-refractivity contribution in [2.75, 3.05) is 32.4 Å². The third-order valence-electron chi connectivity index (χ3n) is 2.85. The van der Waals surface area contributed by atoms with E-state index in [-0.39, 0.29) is 17.5 Å². The van der Waals surface area contributed by atoms with Crippen LogP contribution in [0, 0.1) is 0 Å². The van der Waals surface area contributed by atoms with Gasteiger partial charge in [-0.3, -0.25) is 0 Å². The van der Waals surface area contributed by atoms with Crippen molar-refractivity contribution in [2.24, 2.45) is 0 Å². The van der Waals surface area contributed by atoms with Crippen LogP contribution in [-0.2, 0) is 0 Å². The maximum absolute atomic E-state index is 11.8. The minimum Gasteiger partial charge on any atom is -0.314 e. The van der Waals surface area contributed by atoms with Crippen molar-refractivity contribution in [3.05, 3.63) is 0 Å². The molecule has 1 fully saturated rings. The lowest BCUT2D eigenvalue weighted by molar-refractivity contribution is -0.0327. The van der Waals surface area contributed by atoms with Crippen molar-refractivity contribution in [1.82, 2.24) is 10.2 Å². The second-order valence-corrected chi connectivity index (χ2v) is 5.29. The van der Waals surface area contributed by atoms with Gasteiger partial charge in [0.05, 0.1) is 0 Å². The summed E-state index contributed by atoms with van der Waals surface area (Å²) in [6, 6.07) is 0.490. The number of piperidine rings is 1. The zero-order valence-corrected chi connectivity index (χ0v) is 10.3. The average molecular weight is 256 g/mol. The predicted octanol–water partition coefficient (Wildman–Crippen LogP) is 2.31. The first-order valence-corrected chi connectivity index (χ1v) is 6.59. The number of hydrogen-bond acceptors (Lipinski definition) is 3. The SMILES string of the molecule is CN1CCCCC1CNCCSC(F)(F)F.